The second-order valence-electron chi connectivity index (χ2n) is 5.88. The zero-order chi connectivity index (χ0) is 14.3. The van der Waals surface area contributed by atoms with Crippen LogP contribution >= 0.6 is 11.3 Å². The van der Waals surface area contributed by atoms with E-state index in [1.807, 2.05) is 23.8 Å². The van der Waals surface area contributed by atoms with E-state index < -0.39 is 0 Å². The van der Waals surface area contributed by atoms with Crippen LogP contribution in [0.1, 0.15) is 37.7 Å². The van der Waals surface area contributed by atoms with Crippen LogP contribution in [-0.2, 0) is 12.0 Å². The summed E-state index contributed by atoms with van der Waals surface area (Å²) in [5.74, 6) is 0. The molecule has 0 unspecified atom stereocenters. The lowest BCUT2D eigenvalue weighted by atomic mass is 9.93. The molecule has 0 fully saturated rings. The summed E-state index contributed by atoms with van der Waals surface area (Å²) < 4.78 is 1.84. The molecule has 3 rings (SSSR count). The van der Waals surface area contributed by atoms with Gasteiger partial charge in [-0.3, -0.25) is 5.10 Å². The maximum Gasteiger partial charge on any atom is 0.214 e. The van der Waals surface area contributed by atoms with Crippen molar-refractivity contribution < 1.29 is 0 Å². The minimum absolute atomic E-state index is 0.0505. The summed E-state index contributed by atoms with van der Waals surface area (Å²) in [5.41, 5.74) is 3.34. The van der Waals surface area contributed by atoms with Gasteiger partial charge in [0, 0.05) is 23.2 Å². The Labute approximate surface area is 121 Å². The van der Waals surface area contributed by atoms with Crippen LogP contribution < -0.4 is 5.32 Å². The Hall–Kier alpha value is -1.89. The summed E-state index contributed by atoms with van der Waals surface area (Å²) in [6, 6.07) is 0. The highest BCUT2D eigenvalue weighted by Gasteiger charge is 2.19. The van der Waals surface area contributed by atoms with E-state index in [-0.39, 0.29) is 5.41 Å². The Morgan fingerprint density at radius 1 is 1.40 bits per heavy atom. The largest absolute Gasteiger partial charge is 0.356 e. The maximum atomic E-state index is 4.63. The minimum Gasteiger partial charge on any atom is -0.356 e. The summed E-state index contributed by atoms with van der Waals surface area (Å²) in [7, 11) is 0. The molecule has 0 bridgehead atoms. The lowest BCUT2D eigenvalue weighted by Gasteiger charge is -2.13. The van der Waals surface area contributed by atoms with Crippen molar-refractivity contribution in [2.75, 3.05) is 5.32 Å². The molecular formula is C13H18N6S. The average Bonchev–Trinajstić information content (AvgIpc) is 2.98. The van der Waals surface area contributed by atoms with Crippen LogP contribution in [0.2, 0.25) is 0 Å². The highest BCUT2D eigenvalue weighted by Crippen LogP contribution is 2.25. The molecular weight excluding hydrogens is 272 g/mol. The van der Waals surface area contributed by atoms with Crippen LogP contribution in [0.25, 0.3) is 4.96 Å². The zero-order valence-electron chi connectivity index (χ0n) is 12.1. The normalized spacial score (nSPS) is 12.2. The fourth-order valence-electron chi connectivity index (χ4n) is 1.86. The summed E-state index contributed by atoms with van der Waals surface area (Å²) in [5, 5.41) is 15.6. The van der Waals surface area contributed by atoms with Gasteiger partial charge in [-0.15, -0.1) is 5.10 Å². The van der Waals surface area contributed by atoms with Crippen molar-refractivity contribution >= 4 is 21.4 Å². The summed E-state index contributed by atoms with van der Waals surface area (Å²) in [6.45, 7) is 9.18. The first-order valence-corrected chi connectivity index (χ1v) is 7.34. The summed E-state index contributed by atoms with van der Waals surface area (Å²) in [6.07, 6.45) is 3.83. The molecule has 0 atom stereocenters. The van der Waals surface area contributed by atoms with Gasteiger partial charge in [0.25, 0.3) is 0 Å². The maximum absolute atomic E-state index is 4.63. The van der Waals surface area contributed by atoms with Crippen LogP contribution in [-0.4, -0.2) is 24.8 Å². The van der Waals surface area contributed by atoms with E-state index in [2.05, 4.69) is 46.4 Å². The molecule has 0 spiro atoms. The molecule has 2 N–H and O–H groups in total. The molecule has 3 aromatic rings. The van der Waals surface area contributed by atoms with E-state index in [4.69, 9.17) is 0 Å². The number of anilines is 1. The van der Waals surface area contributed by atoms with Gasteiger partial charge in [-0.2, -0.15) is 5.10 Å². The van der Waals surface area contributed by atoms with Gasteiger partial charge in [-0.05, 0) is 6.92 Å². The van der Waals surface area contributed by atoms with Crippen LogP contribution in [0, 0.1) is 6.92 Å². The molecule has 106 valence electrons. The van der Waals surface area contributed by atoms with Gasteiger partial charge in [0.1, 0.15) is 0 Å². The molecule has 6 nitrogen and oxygen atoms in total. The first-order chi connectivity index (χ1) is 9.43. The van der Waals surface area contributed by atoms with Crippen molar-refractivity contribution in [2.45, 2.75) is 39.7 Å². The number of aromatic amines is 1. The van der Waals surface area contributed by atoms with Crippen molar-refractivity contribution in [3.05, 3.63) is 29.3 Å². The van der Waals surface area contributed by atoms with E-state index in [1.165, 1.54) is 0 Å². The molecule has 0 aliphatic carbocycles. The van der Waals surface area contributed by atoms with E-state index in [0.29, 0.717) is 6.54 Å². The number of nitrogens with one attached hydrogen (secondary N) is 2. The van der Waals surface area contributed by atoms with Crippen molar-refractivity contribution in [1.82, 2.24) is 24.8 Å². The quantitative estimate of drug-likeness (QED) is 0.778. The minimum atomic E-state index is 0.0505. The highest BCUT2D eigenvalue weighted by atomic mass is 32.1. The van der Waals surface area contributed by atoms with Gasteiger partial charge < -0.3 is 5.32 Å². The van der Waals surface area contributed by atoms with Gasteiger partial charge in [-0.1, -0.05) is 32.1 Å². The van der Waals surface area contributed by atoms with Crippen LogP contribution in [0.15, 0.2) is 12.4 Å². The molecule has 0 amide bonds. The van der Waals surface area contributed by atoms with Gasteiger partial charge >= 0.3 is 0 Å². The number of H-pyrrole nitrogens is 1. The average molecular weight is 290 g/mol. The fourth-order valence-corrected chi connectivity index (χ4v) is 2.63. The number of fused-ring (bicyclic) bond motifs is 1. The molecule has 0 saturated carbocycles. The molecule has 0 radical (unpaired) electrons. The van der Waals surface area contributed by atoms with Crippen molar-refractivity contribution in [3.8, 4) is 0 Å². The number of rotatable bonds is 3. The molecule has 20 heavy (non-hydrogen) atoms. The number of hydrogen-bond acceptors (Lipinski definition) is 5. The Morgan fingerprint density at radius 2 is 2.20 bits per heavy atom. The van der Waals surface area contributed by atoms with Gasteiger partial charge in [0.15, 0.2) is 0 Å². The predicted molar refractivity (Wildman–Crippen MR) is 80.2 cm³/mol. The van der Waals surface area contributed by atoms with Crippen LogP contribution in [0.5, 0.6) is 0 Å². The van der Waals surface area contributed by atoms with Crippen molar-refractivity contribution in [2.24, 2.45) is 0 Å². The Balaban J connectivity index is 1.77. The monoisotopic (exact) mass is 290 g/mol. The number of nitrogens with zero attached hydrogens (tertiary/aromatic N) is 4. The number of imidazole rings is 1. The second kappa shape index (κ2) is 4.59. The molecule has 0 aromatic carbocycles. The first-order valence-electron chi connectivity index (χ1n) is 6.53. The third-order valence-corrected chi connectivity index (χ3v) is 4.06. The molecule has 0 saturated heterocycles. The fraction of sp³-hybridized carbons (Fsp3) is 0.462. The third-order valence-electron chi connectivity index (χ3n) is 3.18. The van der Waals surface area contributed by atoms with E-state index in [1.54, 1.807) is 11.3 Å². The van der Waals surface area contributed by atoms with Gasteiger partial charge in [-0.25, -0.2) is 9.50 Å². The third kappa shape index (κ3) is 2.40. The number of aromatic nitrogens is 5. The predicted octanol–water partition coefficient (Wildman–Crippen LogP) is 2.73. The molecule has 7 heteroatoms. The van der Waals surface area contributed by atoms with E-state index in [0.717, 1.165) is 27.0 Å². The molecule has 0 aliphatic heterocycles. The Morgan fingerprint density at radius 3 is 2.80 bits per heavy atom. The topological polar surface area (TPSA) is 70.9 Å². The van der Waals surface area contributed by atoms with Crippen molar-refractivity contribution in [1.29, 1.82) is 0 Å². The zero-order valence-corrected chi connectivity index (χ0v) is 12.9. The van der Waals surface area contributed by atoms with Crippen molar-refractivity contribution in [3.63, 3.8) is 0 Å². The molecule has 0 aliphatic rings. The Kier molecular flexibility index (Phi) is 3.01. The summed E-state index contributed by atoms with van der Waals surface area (Å²) in [4.78, 5) is 5.55. The smallest absolute Gasteiger partial charge is 0.214 e. The summed E-state index contributed by atoms with van der Waals surface area (Å²) >= 11 is 1.56. The standard InChI is InChI=1S/C13H18N6S/c1-8-9(6-15-17-8)5-14-11-18-19-7-10(13(2,3)4)16-12(19)20-11/h6-7H,5H2,1-4H3,(H,14,18)(H,15,17). The number of aryl methyl sites for hydroxylation is 1. The molecule has 3 aromatic heterocycles. The van der Waals surface area contributed by atoms with Crippen LogP contribution in [0.4, 0.5) is 5.13 Å². The lowest BCUT2D eigenvalue weighted by Crippen LogP contribution is -2.11. The van der Waals surface area contributed by atoms with Gasteiger partial charge in [0.2, 0.25) is 10.1 Å². The Bertz CT molecular complexity index is 698. The number of hydrogen-bond donors (Lipinski definition) is 2. The lowest BCUT2D eigenvalue weighted by molar-refractivity contribution is 0.572. The SMILES string of the molecule is Cc1[nH]ncc1CNc1nn2cc(C(C)(C)C)nc2s1. The van der Waals surface area contributed by atoms with E-state index >= 15 is 0 Å². The van der Waals surface area contributed by atoms with E-state index in [9.17, 15) is 0 Å². The first kappa shape index (κ1) is 13.1. The highest BCUT2D eigenvalue weighted by molar-refractivity contribution is 7.20. The van der Waals surface area contributed by atoms with Gasteiger partial charge in [0.05, 0.1) is 18.1 Å². The molecule has 3 heterocycles. The van der Waals surface area contributed by atoms with Crippen LogP contribution in [0.3, 0.4) is 0 Å². The second-order valence-corrected chi connectivity index (χ2v) is 6.84.